The summed E-state index contributed by atoms with van der Waals surface area (Å²) in [6.45, 7) is 7.47. The maximum Gasteiger partial charge on any atom is 0.317 e. The molecule has 1 aliphatic heterocycles. The van der Waals surface area contributed by atoms with Crippen LogP contribution in [0.25, 0.3) is 10.9 Å². The number of aromatic amines is 2. The van der Waals surface area contributed by atoms with Gasteiger partial charge >= 0.3 is 17.9 Å². The molecule has 10 amide bonds. The molecule has 0 saturated carbocycles. The van der Waals surface area contributed by atoms with Crippen LogP contribution in [-0.4, -0.2) is 267 Å². The van der Waals surface area contributed by atoms with Crippen LogP contribution < -0.4 is 53.6 Å². The van der Waals surface area contributed by atoms with Gasteiger partial charge in [-0.1, -0.05) is 45.9 Å². The summed E-state index contributed by atoms with van der Waals surface area (Å²) in [5, 5.41) is 53.0. The van der Waals surface area contributed by atoms with E-state index < -0.39 is 132 Å². The number of amides is 10. The summed E-state index contributed by atoms with van der Waals surface area (Å²) in [6.07, 6.45) is 6.63. The molecule has 2 aromatic carbocycles. The van der Waals surface area contributed by atoms with Crippen LogP contribution in [0.15, 0.2) is 67.3 Å². The molecule has 35 heteroatoms. The first-order chi connectivity index (χ1) is 46.1. The maximum absolute atomic E-state index is 14.3. The quantitative estimate of drug-likeness (QED) is 0.0224. The standard InChI is InChI=1S/C63H91N17O16S.Lu/c1-37(2)25-47(61(94)73-46(57(64)90)15-24-97-6)75-62(95)49(27-43-29-65-36-69-43)72-51(82)31-68-63(96)56(38(3)4)76-58(91)39(5)70-60(93)48(26-41-28-66-45-10-8-7-9-44(41)45)74-59(92)40-11-13-42(14-12-40)71-50(81)30-67-52(83)32-77-16-18-78(33-53(84)85)20-22-80(35-55(88)89)23-21-79(19-17-77)34-54(86)87;/h7-14,28-29,36-39,46-49,56,66H,15-27,30-35H2,1-6H3,(H2,64,90)(H,65,69)(H,67,83)(H,68,96)(H,70,93)(H,71,81)(H,72,82)(H,73,94)(H,74,92)(H,75,95)(H,76,91)(H,84,85)(H,86,87)(H,88,89);/t39-,46-,47-,48-,49-,56-;/m0./s1/i;1+2. The van der Waals surface area contributed by atoms with Crippen molar-refractivity contribution in [3.63, 3.8) is 0 Å². The average molecular weight is 1550 g/mol. The second-order valence-corrected chi connectivity index (χ2v) is 25.3. The van der Waals surface area contributed by atoms with Crippen molar-refractivity contribution in [3.05, 3.63) is 84.1 Å². The minimum Gasteiger partial charge on any atom is -0.480 e. The van der Waals surface area contributed by atoms with Gasteiger partial charge in [-0.05, 0) is 79.5 Å². The van der Waals surface area contributed by atoms with Crippen LogP contribution in [0.4, 0.5) is 5.69 Å². The average Bonchev–Trinajstić information content (AvgIpc) is 1.64. The molecule has 3 heterocycles. The number of anilines is 1. The van der Waals surface area contributed by atoms with Gasteiger partial charge in [-0.3, -0.25) is 81.9 Å². The number of carboxylic acid groups (broad SMARTS) is 3. The number of rotatable bonds is 36. The van der Waals surface area contributed by atoms with Crippen molar-refractivity contribution < 1.29 is 115 Å². The first kappa shape index (κ1) is 82.1. The number of fused-ring (bicyclic) bond motifs is 1. The molecule has 33 nitrogen and oxygen atoms in total. The SMILES string of the molecule is CSCC[C@H](NC(=O)[C@H](CC(C)C)NC(=O)[C@H](Cc1cnc[nH]1)NC(=O)CNC(=O)[C@@H](NC(=O)[C@H](C)NC(=O)[C@H](Cc1c[nH]c2ccccc12)NC(=O)c1ccc(NC(=O)CNC(=O)CN2CCN(CC(=O)O)CCN(CC(=O)O)CCN(CC(=O)O)CC2)cc1)C(C)C)C(N)=O.[177Lu]. The van der Waals surface area contributed by atoms with E-state index in [4.69, 9.17) is 5.73 Å². The number of hydrogen-bond acceptors (Lipinski definition) is 19. The molecule has 1 saturated heterocycles. The molecule has 16 N–H and O–H groups in total. The largest absolute Gasteiger partial charge is 0.480 e. The van der Waals surface area contributed by atoms with E-state index in [1.807, 2.05) is 38.3 Å². The number of H-pyrrole nitrogens is 2. The summed E-state index contributed by atoms with van der Waals surface area (Å²) >= 11 is 1.46. The molecule has 0 aliphatic carbocycles. The topological polar surface area (TPSA) is 474 Å². The van der Waals surface area contributed by atoms with E-state index in [9.17, 15) is 77.6 Å². The number of primary amides is 1. The smallest absolute Gasteiger partial charge is 0.317 e. The Hall–Kier alpha value is -8.28. The first-order valence-corrected chi connectivity index (χ1v) is 33.1. The summed E-state index contributed by atoms with van der Waals surface area (Å²) in [6, 6.07) is 5.69. The molecule has 1 fully saturated rings. The van der Waals surface area contributed by atoms with Crippen molar-refractivity contribution in [2.24, 2.45) is 17.6 Å². The summed E-state index contributed by atoms with van der Waals surface area (Å²) < 4.78 is 0. The van der Waals surface area contributed by atoms with Crippen LogP contribution in [0.1, 0.15) is 69.1 Å². The summed E-state index contributed by atoms with van der Waals surface area (Å²) in [5.41, 5.74) is 7.74. The Bertz CT molecular complexity index is 3330. The van der Waals surface area contributed by atoms with E-state index >= 15 is 0 Å². The van der Waals surface area contributed by atoms with Gasteiger partial charge in [0.25, 0.3) is 5.91 Å². The minimum atomic E-state index is -1.29. The van der Waals surface area contributed by atoms with Crippen LogP contribution in [0.3, 0.4) is 0 Å². The van der Waals surface area contributed by atoms with Gasteiger partial charge in [0, 0.05) is 142 Å². The van der Waals surface area contributed by atoms with Crippen molar-refractivity contribution in [2.45, 2.75) is 96.6 Å². The van der Waals surface area contributed by atoms with Crippen LogP contribution in [0.5, 0.6) is 0 Å². The van der Waals surface area contributed by atoms with E-state index in [1.165, 1.54) is 55.5 Å². The molecule has 545 valence electrons. The second-order valence-electron chi connectivity index (χ2n) is 24.3. The number of thioether (sulfide) groups is 1. The molecular formula is C63H91LuN17O16S. The third-order valence-corrected chi connectivity index (χ3v) is 16.3. The third kappa shape index (κ3) is 29.0. The fraction of sp³-hybridized carbons (Fsp3) is 0.524. The van der Waals surface area contributed by atoms with Gasteiger partial charge in [0.05, 0.1) is 45.6 Å². The number of carboxylic acids is 3. The molecule has 98 heavy (non-hydrogen) atoms. The number of nitrogens with zero attached hydrogens (tertiary/aromatic N) is 5. The summed E-state index contributed by atoms with van der Waals surface area (Å²) in [5.74, 6) is -10.6. The number of hydrogen-bond donors (Lipinski definition) is 15. The fourth-order valence-electron chi connectivity index (χ4n) is 10.4. The number of benzene rings is 2. The maximum atomic E-state index is 14.3. The van der Waals surface area contributed by atoms with Crippen molar-refractivity contribution in [3.8, 4) is 0 Å². The molecule has 0 bridgehead atoms. The number of para-hydroxylation sites is 1. The van der Waals surface area contributed by atoms with Crippen LogP contribution in [0, 0.1) is 48.7 Å². The van der Waals surface area contributed by atoms with E-state index in [0.717, 1.165) is 10.9 Å². The van der Waals surface area contributed by atoms with E-state index in [-0.39, 0.29) is 158 Å². The molecule has 2 aromatic heterocycles. The van der Waals surface area contributed by atoms with E-state index in [1.54, 1.807) is 45.7 Å². The number of carbonyl (C=O) groups is 13. The van der Waals surface area contributed by atoms with Gasteiger partial charge < -0.3 is 78.9 Å². The Kier molecular flexibility index (Phi) is 35.1. The van der Waals surface area contributed by atoms with E-state index in [0.29, 0.717) is 17.0 Å². The Morgan fingerprint density at radius 1 is 0.571 bits per heavy atom. The number of aromatic nitrogens is 3. The zero-order valence-electron chi connectivity index (χ0n) is 55.5. The van der Waals surface area contributed by atoms with Crippen LogP contribution >= 0.6 is 11.8 Å². The number of carbonyl (C=O) groups excluding carboxylic acids is 10. The van der Waals surface area contributed by atoms with Crippen LogP contribution in [0.2, 0.25) is 0 Å². The molecule has 0 spiro atoms. The van der Waals surface area contributed by atoms with Gasteiger partial charge in [0.2, 0.25) is 53.2 Å². The molecule has 0 unspecified atom stereocenters. The van der Waals surface area contributed by atoms with Gasteiger partial charge in [-0.2, -0.15) is 11.8 Å². The minimum absolute atomic E-state index is 0. The number of nitrogens with two attached hydrogens (primary N) is 1. The summed E-state index contributed by atoms with van der Waals surface area (Å²) in [4.78, 5) is 187. The molecule has 5 rings (SSSR count). The van der Waals surface area contributed by atoms with Crippen molar-refractivity contribution >= 4 is 105 Å². The van der Waals surface area contributed by atoms with Gasteiger partial charge in [-0.25, -0.2) is 4.98 Å². The molecular weight excluding hydrogens is 1460 g/mol. The van der Waals surface area contributed by atoms with Crippen LogP contribution in [-0.2, 0) is 70.4 Å². The molecule has 4 aromatic rings. The van der Waals surface area contributed by atoms with Gasteiger partial charge in [-0.15, -0.1) is 0 Å². The number of nitrogens with one attached hydrogen (secondary N) is 11. The molecule has 6 atom stereocenters. The number of imidazole rings is 1. The predicted octanol–water partition coefficient (Wildman–Crippen LogP) is -2.49. The number of aliphatic carboxylic acids is 3. The zero-order valence-corrected chi connectivity index (χ0v) is 58.0. The van der Waals surface area contributed by atoms with Crippen molar-refractivity contribution in [2.75, 3.05) is 109 Å². The van der Waals surface area contributed by atoms with Crippen molar-refractivity contribution in [1.82, 2.24) is 77.1 Å². The van der Waals surface area contributed by atoms with E-state index in [2.05, 4.69) is 62.8 Å². The Balaban J connectivity index is 0.0000204. The Morgan fingerprint density at radius 2 is 1.10 bits per heavy atom. The first-order valence-electron chi connectivity index (χ1n) is 31.7. The second kappa shape index (κ2) is 41.9. The normalized spacial score (nSPS) is 15.4. The Morgan fingerprint density at radius 3 is 1.63 bits per heavy atom. The third-order valence-electron chi connectivity index (χ3n) is 15.6. The monoisotopic (exact) mass is 1550 g/mol. The molecule has 1 radical (unpaired) electrons. The van der Waals surface area contributed by atoms with Gasteiger partial charge in [0.1, 0.15) is 36.3 Å². The fourth-order valence-corrected chi connectivity index (χ4v) is 10.9. The molecule has 1 aliphatic rings. The predicted molar refractivity (Wildman–Crippen MR) is 357 cm³/mol. The summed E-state index contributed by atoms with van der Waals surface area (Å²) in [7, 11) is 0. The Labute approximate surface area is 600 Å². The zero-order chi connectivity index (χ0) is 71.3. The van der Waals surface area contributed by atoms with Crippen molar-refractivity contribution in [1.29, 1.82) is 0 Å². The van der Waals surface area contributed by atoms with Gasteiger partial charge in [0.15, 0.2) is 0 Å².